The van der Waals surface area contributed by atoms with Gasteiger partial charge in [0.2, 0.25) is 5.91 Å². The van der Waals surface area contributed by atoms with Crippen molar-refractivity contribution >= 4 is 5.91 Å². The Bertz CT molecular complexity index is 480. The summed E-state index contributed by atoms with van der Waals surface area (Å²) in [5.74, 6) is -0.262. The fraction of sp³-hybridized carbons (Fsp3) is 0.500. The minimum Gasteiger partial charge on any atom is -0.367 e. The highest BCUT2D eigenvalue weighted by Gasteiger charge is 2.30. The van der Waals surface area contributed by atoms with Crippen LogP contribution in [0.15, 0.2) is 24.3 Å². The molecule has 0 bridgehead atoms. The molecule has 0 saturated carbocycles. The fourth-order valence-corrected chi connectivity index (χ4v) is 2.09. The van der Waals surface area contributed by atoms with Crippen molar-refractivity contribution in [3.8, 4) is 0 Å². The van der Waals surface area contributed by atoms with Crippen LogP contribution in [0.3, 0.4) is 0 Å². The summed E-state index contributed by atoms with van der Waals surface area (Å²) in [6.07, 6.45) is -3.60. The minimum atomic E-state index is -4.35. The molecule has 7 heteroatoms. The summed E-state index contributed by atoms with van der Waals surface area (Å²) in [5, 5.41) is 2.66. The second kappa shape index (κ2) is 6.44. The van der Waals surface area contributed by atoms with E-state index >= 15 is 0 Å². The Morgan fingerprint density at radius 2 is 1.95 bits per heavy atom. The largest absolute Gasteiger partial charge is 0.416 e. The van der Waals surface area contributed by atoms with E-state index in [-0.39, 0.29) is 18.5 Å². The molecule has 0 aliphatic carbocycles. The summed E-state index contributed by atoms with van der Waals surface area (Å²) < 4.78 is 42.6. The third-order valence-electron chi connectivity index (χ3n) is 3.35. The number of nitrogens with one attached hydrogen (secondary N) is 1. The van der Waals surface area contributed by atoms with Crippen LogP contribution in [0.1, 0.15) is 24.0 Å². The maximum atomic E-state index is 12.4. The highest BCUT2D eigenvalue weighted by atomic mass is 19.4. The number of amides is 1. The molecule has 0 unspecified atom stereocenters. The zero-order valence-electron chi connectivity index (χ0n) is 11.3. The number of benzene rings is 1. The first-order valence-electron chi connectivity index (χ1n) is 6.67. The Labute approximate surface area is 120 Å². The van der Waals surface area contributed by atoms with E-state index in [4.69, 9.17) is 10.5 Å². The molecule has 0 radical (unpaired) electrons. The number of nitrogens with two attached hydrogens (primary N) is 1. The average molecular weight is 302 g/mol. The molecule has 0 aromatic heterocycles. The van der Waals surface area contributed by atoms with Crippen LogP contribution in [0.4, 0.5) is 13.2 Å². The number of alkyl halides is 3. The van der Waals surface area contributed by atoms with E-state index in [0.717, 1.165) is 18.6 Å². The summed E-state index contributed by atoms with van der Waals surface area (Å²) in [6, 6.07) is 4.65. The molecule has 3 N–H and O–H groups in total. The highest BCUT2D eigenvalue weighted by Crippen LogP contribution is 2.29. The lowest BCUT2D eigenvalue weighted by molar-refractivity contribution is -0.138. The van der Waals surface area contributed by atoms with Crippen LogP contribution in [-0.2, 0) is 22.3 Å². The van der Waals surface area contributed by atoms with Gasteiger partial charge in [-0.25, -0.2) is 0 Å². The maximum absolute atomic E-state index is 12.4. The normalized spacial score (nSPS) is 22.9. The van der Waals surface area contributed by atoms with E-state index in [1.54, 1.807) is 0 Å². The molecule has 1 aliphatic rings. The smallest absolute Gasteiger partial charge is 0.367 e. The summed E-state index contributed by atoms with van der Waals surface area (Å²) >= 11 is 0. The number of hydrogen-bond donors (Lipinski definition) is 2. The van der Waals surface area contributed by atoms with Crippen molar-refractivity contribution in [3.63, 3.8) is 0 Å². The van der Waals surface area contributed by atoms with Gasteiger partial charge in [0.05, 0.1) is 12.2 Å². The Balaban J connectivity index is 1.84. The number of hydrogen-bond acceptors (Lipinski definition) is 3. The third kappa shape index (κ3) is 4.44. The van der Waals surface area contributed by atoms with E-state index in [1.807, 2.05) is 0 Å². The average Bonchev–Trinajstić information content (AvgIpc) is 2.45. The Hall–Kier alpha value is -1.60. The van der Waals surface area contributed by atoms with Crippen LogP contribution in [-0.4, -0.2) is 24.7 Å². The van der Waals surface area contributed by atoms with Gasteiger partial charge in [-0.3, -0.25) is 4.79 Å². The molecule has 1 aromatic rings. The molecule has 1 aliphatic heterocycles. The van der Waals surface area contributed by atoms with Gasteiger partial charge in [0, 0.05) is 12.6 Å². The molecule has 2 rings (SSSR count). The monoisotopic (exact) mass is 302 g/mol. The maximum Gasteiger partial charge on any atom is 0.416 e. The molecule has 116 valence electrons. The van der Waals surface area contributed by atoms with Crippen molar-refractivity contribution in [3.05, 3.63) is 35.4 Å². The van der Waals surface area contributed by atoms with Gasteiger partial charge < -0.3 is 15.8 Å². The van der Waals surface area contributed by atoms with Crippen LogP contribution in [0.5, 0.6) is 0 Å². The van der Waals surface area contributed by atoms with Crippen molar-refractivity contribution < 1.29 is 22.7 Å². The molecule has 2 atom stereocenters. The molecule has 0 spiro atoms. The number of carbonyl (C=O) groups is 1. The fourth-order valence-electron chi connectivity index (χ4n) is 2.09. The second-order valence-corrected chi connectivity index (χ2v) is 5.07. The lowest BCUT2D eigenvalue weighted by Gasteiger charge is -2.25. The zero-order chi connectivity index (χ0) is 15.5. The van der Waals surface area contributed by atoms with Gasteiger partial charge in [-0.15, -0.1) is 0 Å². The number of carbonyl (C=O) groups excluding carboxylic acids is 1. The second-order valence-electron chi connectivity index (χ2n) is 5.07. The first-order chi connectivity index (χ1) is 9.86. The van der Waals surface area contributed by atoms with Gasteiger partial charge in [-0.1, -0.05) is 12.1 Å². The third-order valence-corrected chi connectivity index (χ3v) is 3.35. The van der Waals surface area contributed by atoms with Gasteiger partial charge in [0.1, 0.15) is 6.10 Å². The van der Waals surface area contributed by atoms with Crippen LogP contribution >= 0.6 is 0 Å². The molecule has 1 heterocycles. The van der Waals surface area contributed by atoms with Gasteiger partial charge in [-0.05, 0) is 30.5 Å². The molecular formula is C14H17F3N2O2. The number of halogens is 3. The van der Waals surface area contributed by atoms with Gasteiger partial charge in [0.15, 0.2) is 0 Å². The molecule has 1 fully saturated rings. The van der Waals surface area contributed by atoms with Crippen molar-refractivity contribution in [2.75, 3.05) is 6.61 Å². The molecule has 4 nitrogen and oxygen atoms in total. The Morgan fingerprint density at radius 1 is 1.29 bits per heavy atom. The van der Waals surface area contributed by atoms with Crippen molar-refractivity contribution in [2.45, 2.75) is 37.7 Å². The van der Waals surface area contributed by atoms with E-state index < -0.39 is 17.8 Å². The van der Waals surface area contributed by atoms with Crippen LogP contribution < -0.4 is 11.1 Å². The summed E-state index contributed by atoms with van der Waals surface area (Å²) in [6.45, 7) is 0.515. The zero-order valence-corrected chi connectivity index (χ0v) is 11.3. The lowest BCUT2D eigenvalue weighted by Crippen LogP contribution is -2.43. The first-order valence-corrected chi connectivity index (χ1v) is 6.67. The number of rotatable bonds is 3. The van der Waals surface area contributed by atoms with Crippen molar-refractivity contribution in [2.24, 2.45) is 5.73 Å². The van der Waals surface area contributed by atoms with Gasteiger partial charge in [-0.2, -0.15) is 13.2 Å². The van der Waals surface area contributed by atoms with E-state index in [2.05, 4.69) is 5.32 Å². The van der Waals surface area contributed by atoms with Crippen LogP contribution in [0.2, 0.25) is 0 Å². The van der Waals surface area contributed by atoms with Gasteiger partial charge in [0.25, 0.3) is 0 Å². The highest BCUT2D eigenvalue weighted by molar-refractivity contribution is 5.80. The topological polar surface area (TPSA) is 64.4 Å². The lowest BCUT2D eigenvalue weighted by atomic mass is 10.1. The first kappa shape index (κ1) is 15.8. The Kier molecular flexibility index (Phi) is 4.84. The van der Waals surface area contributed by atoms with Gasteiger partial charge >= 0.3 is 6.18 Å². The predicted molar refractivity (Wildman–Crippen MR) is 70.2 cm³/mol. The minimum absolute atomic E-state index is 0.0380. The quantitative estimate of drug-likeness (QED) is 0.895. The molecule has 1 amide bonds. The van der Waals surface area contributed by atoms with E-state index in [1.165, 1.54) is 12.1 Å². The molecular weight excluding hydrogens is 285 g/mol. The van der Waals surface area contributed by atoms with Crippen molar-refractivity contribution in [1.82, 2.24) is 5.32 Å². The van der Waals surface area contributed by atoms with Crippen molar-refractivity contribution in [1.29, 1.82) is 0 Å². The predicted octanol–water partition coefficient (Wildman–Crippen LogP) is 1.83. The number of ether oxygens (including phenoxy) is 1. The summed E-state index contributed by atoms with van der Waals surface area (Å²) in [4.78, 5) is 11.8. The van der Waals surface area contributed by atoms with Crippen LogP contribution in [0, 0.1) is 0 Å². The summed E-state index contributed by atoms with van der Waals surface area (Å²) in [5.41, 5.74) is 5.56. The van der Waals surface area contributed by atoms with E-state index in [9.17, 15) is 18.0 Å². The standard InChI is InChI=1S/C14H17F3N2O2/c15-14(16,17)10-3-1-9(2-4-10)7-19-13(20)12-6-5-11(18)8-21-12/h1-4,11-12H,5-8,18H2,(H,19,20)/t11-,12-/m1/s1. The van der Waals surface area contributed by atoms with E-state index in [0.29, 0.717) is 18.6 Å². The molecule has 1 saturated heterocycles. The molecule has 21 heavy (non-hydrogen) atoms. The summed E-state index contributed by atoms with van der Waals surface area (Å²) in [7, 11) is 0. The Morgan fingerprint density at radius 3 is 2.48 bits per heavy atom. The SMILES string of the molecule is N[C@@H]1CC[C@H](C(=O)NCc2ccc(C(F)(F)F)cc2)OC1. The molecule has 1 aromatic carbocycles. The van der Waals surface area contributed by atoms with Crippen LogP contribution in [0.25, 0.3) is 0 Å².